The number of fused-ring (bicyclic) bond motifs is 1. The molecule has 0 saturated carbocycles. The Bertz CT molecular complexity index is 477. The van der Waals surface area contributed by atoms with Crippen molar-refractivity contribution in [3.8, 4) is 0 Å². The third-order valence-electron chi connectivity index (χ3n) is 4.43. The molecule has 1 aliphatic heterocycles. The first-order chi connectivity index (χ1) is 8.70. The van der Waals surface area contributed by atoms with Gasteiger partial charge in [0, 0.05) is 12.6 Å². The summed E-state index contributed by atoms with van der Waals surface area (Å²) in [5, 5.41) is 0. The Morgan fingerprint density at radius 2 is 2.16 bits per heavy atom. The van der Waals surface area contributed by atoms with E-state index in [9.17, 15) is 4.79 Å². The Hall–Kier alpha value is -1.06. The van der Waals surface area contributed by atoms with Gasteiger partial charge >= 0.3 is 0 Å². The van der Waals surface area contributed by atoms with Gasteiger partial charge in [-0.3, -0.25) is 4.79 Å². The molecule has 3 atom stereocenters. The highest BCUT2D eigenvalue weighted by Gasteiger charge is 2.39. The number of halogens is 1. The second kappa shape index (κ2) is 5.51. The van der Waals surface area contributed by atoms with Crippen LogP contribution < -0.4 is 5.73 Å². The molecule has 1 aromatic carbocycles. The molecule has 3 unspecified atom stereocenters. The first kappa shape index (κ1) is 14.4. The molecule has 1 saturated heterocycles. The maximum atomic E-state index is 12.5. The molecule has 0 spiro atoms. The largest absolute Gasteiger partial charge is 0.339 e. The van der Waals surface area contributed by atoms with E-state index >= 15 is 0 Å². The van der Waals surface area contributed by atoms with E-state index in [1.807, 2.05) is 17.0 Å². The molecule has 3 nitrogen and oxygen atoms in total. The smallest absolute Gasteiger partial charge is 0.230 e. The summed E-state index contributed by atoms with van der Waals surface area (Å²) < 4.78 is 0. The number of amides is 1. The van der Waals surface area contributed by atoms with Crippen molar-refractivity contribution < 1.29 is 4.79 Å². The van der Waals surface area contributed by atoms with Gasteiger partial charge in [0.2, 0.25) is 5.91 Å². The summed E-state index contributed by atoms with van der Waals surface area (Å²) >= 11 is 0. The molecule has 4 heteroatoms. The fourth-order valence-corrected chi connectivity index (χ4v) is 3.30. The van der Waals surface area contributed by atoms with Crippen molar-refractivity contribution in [1.82, 2.24) is 4.90 Å². The number of likely N-dealkylation sites (tertiary alicyclic amines) is 1. The van der Waals surface area contributed by atoms with Gasteiger partial charge in [0.15, 0.2) is 0 Å². The molecule has 0 bridgehead atoms. The monoisotopic (exact) mass is 280 g/mol. The third kappa shape index (κ3) is 2.37. The van der Waals surface area contributed by atoms with Crippen LogP contribution in [0.1, 0.15) is 30.4 Å². The van der Waals surface area contributed by atoms with Gasteiger partial charge in [0.05, 0.1) is 5.92 Å². The van der Waals surface area contributed by atoms with Crippen LogP contribution in [0.5, 0.6) is 0 Å². The Labute approximate surface area is 120 Å². The molecule has 0 radical (unpaired) electrons. The maximum absolute atomic E-state index is 12.5. The minimum Gasteiger partial charge on any atom is -0.339 e. The van der Waals surface area contributed by atoms with Crippen molar-refractivity contribution in [2.45, 2.75) is 31.7 Å². The van der Waals surface area contributed by atoms with Gasteiger partial charge in [0.1, 0.15) is 0 Å². The zero-order valence-corrected chi connectivity index (χ0v) is 12.0. The Kier molecular flexibility index (Phi) is 4.16. The van der Waals surface area contributed by atoms with Gasteiger partial charge in [0.25, 0.3) is 0 Å². The zero-order chi connectivity index (χ0) is 12.7. The predicted molar refractivity (Wildman–Crippen MR) is 78.5 cm³/mol. The standard InChI is InChI=1S/C15H20N2O.ClH/c1-10-6-11(8-16)9-17(10)15(18)14-7-12-4-2-3-5-13(12)14;/h2-5,10-11,14H,6-9,16H2,1H3;1H. The van der Waals surface area contributed by atoms with E-state index in [1.165, 1.54) is 11.1 Å². The summed E-state index contributed by atoms with van der Waals surface area (Å²) in [5.41, 5.74) is 8.28. The van der Waals surface area contributed by atoms with Crippen LogP contribution in [0.3, 0.4) is 0 Å². The summed E-state index contributed by atoms with van der Waals surface area (Å²) in [5.74, 6) is 0.886. The molecule has 1 aliphatic carbocycles. The van der Waals surface area contributed by atoms with Crippen molar-refractivity contribution in [2.24, 2.45) is 11.7 Å². The van der Waals surface area contributed by atoms with Crippen LogP contribution in [0.25, 0.3) is 0 Å². The molecule has 1 heterocycles. The Balaban J connectivity index is 0.00000133. The number of hydrogen-bond donors (Lipinski definition) is 1. The Morgan fingerprint density at radius 3 is 2.79 bits per heavy atom. The molecule has 19 heavy (non-hydrogen) atoms. The molecule has 1 aromatic rings. The quantitative estimate of drug-likeness (QED) is 0.900. The minimum atomic E-state index is 0. The van der Waals surface area contributed by atoms with Crippen molar-refractivity contribution >= 4 is 18.3 Å². The van der Waals surface area contributed by atoms with Crippen LogP contribution in [0.4, 0.5) is 0 Å². The predicted octanol–water partition coefficient (Wildman–Crippen LogP) is 1.94. The number of carbonyl (C=O) groups excluding carboxylic acids is 1. The summed E-state index contributed by atoms with van der Waals surface area (Å²) in [6.45, 7) is 3.67. The summed E-state index contributed by atoms with van der Waals surface area (Å²) in [7, 11) is 0. The summed E-state index contributed by atoms with van der Waals surface area (Å²) in [6, 6.07) is 8.62. The van der Waals surface area contributed by atoms with Gasteiger partial charge in [-0.25, -0.2) is 0 Å². The fraction of sp³-hybridized carbons (Fsp3) is 0.533. The van der Waals surface area contributed by atoms with E-state index in [0.29, 0.717) is 24.4 Å². The number of carbonyl (C=O) groups is 1. The zero-order valence-electron chi connectivity index (χ0n) is 11.2. The number of nitrogens with zero attached hydrogens (tertiary/aromatic N) is 1. The Morgan fingerprint density at radius 1 is 1.42 bits per heavy atom. The van der Waals surface area contributed by atoms with Crippen molar-refractivity contribution in [1.29, 1.82) is 0 Å². The molecule has 104 valence electrons. The van der Waals surface area contributed by atoms with E-state index in [4.69, 9.17) is 5.73 Å². The highest BCUT2D eigenvalue weighted by molar-refractivity contribution is 5.87. The van der Waals surface area contributed by atoms with Gasteiger partial charge in [-0.05, 0) is 43.4 Å². The van der Waals surface area contributed by atoms with Gasteiger partial charge in [-0.15, -0.1) is 12.4 Å². The first-order valence-electron chi connectivity index (χ1n) is 6.79. The number of nitrogens with two attached hydrogens (primary N) is 1. The van der Waals surface area contributed by atoms with E-state index in [2.05, 4.69) is 19.1 Å². The summed E-state index contributed by atoms with van der Waals surface area (Å²) in [6.07, 6.45) is 1.96. The van der Waals surface area contributed by atoms with Crippen molar-refractivity contribution in [3.05, 3.63) is 35.4 Å². The van der Waals surface area contributed by atoms with E-state index in [0.717, 1.165) is 19.4 Å². The molecule has 2 N–H and O–H groups in total. The van der Waals surface area contributed by atoms with E-state index in [1.54, 1.807) is 0 Å². The lowest BCUT2D eigenvalue weighted by Crippen LogP contribution is -2.41. The third-order valence-corrected chi connectivity index (χ3v) is 4.43. The van der Waals surface area contributed by atoms with Crippen molar-refractivity contribution in [3.63, 3.8) is 0 Å². The second-order valence-corrected chi connectivity index (χ2v) is 5.63. The molecule has 3 rings (SSSR count). The lowest BCUT2D eigenvalue weighted by molar-refractivity contribution is -0.134. The second-order valence-electron chi connectivity index (χ2n) is 5.63. The topological polar surface area (TPSA) is 46.3 Å². The van der Waals surface area contributed by atoms with Gasteiger partial charge in [-0.2, -0.15) is 0 Å². The van der Waals surface area contributed by atoms with Crippen LogP contribution in [0.2, 0.25) is 0 Å². The number of rotatable bonds is 2. The van der Waals surface area contributed by atoms with Gasteiger partial charge in [-0.1, -0.05) is 24.3 Å². The van der Waals surface area contributed by atoms with Crippen LogP contribution in [0.15, 0.2) is 24.3 Å². The molecule has 2 aliphatic rings. The fourth-order valence-electron chi connectivity index (χ4n) is 3.30. The average Bonchev–Trinajstić information content (AvgIpc) is 2.72. The first-order valence-corrected chi connectivity index (χ1v) is 6.79. The van der Waals surface area contributed by atoms with E-state index < -0.39 is 0 Å². The molecular weight excluding hydrogens is 260 g/mol. The lowest BCUT2D eigenvalue weighted by Gasteiger charge is -2.34. The minimum absolute atomic E-state index is 0. The molecule has 1 fully saturated rings. The van der Waals surface area contributed by atoms with Gasteiger partial charge < -0.3 is 10.6 Å². The maximum Gasteiger partial charge on any atom is 0.230 e. The van der Waals surface area contributed by atoms with Crippen LogP contribution >= 0.6 is 12.4 Å². The van der Waals surface area contributed by atoms with Crippen LogP contribution in [-0.2, 0) is 11.2 Å². The molecule has 0 aromatic heterocycles. The SMILES string of the molecule is CC1CC(CN)CN1C(=O)C1Cc2ccccc21.Cl. The normalized spacial score (nSPS) is 28.3. The number of hydrogen-bond acceptors (Lipinski definition) is 2. The average molecular weight is 281 g/mol. The highest BCUT2D eigenvalue weighted by atomic mass is 35.5. The molecule has 1 amide bonds. The van der Waals surface area contributed by atoms with E-state index in [-0.39, 0.29) is 18.3 Å². The number of benzene rings is 1. The van der Waals surface area contributed by atoms with Crippen LogP contribution in [0, 0.1) is 5.92 Å². The molecular formula is C15H21ClN2O. The highest BCUT2D eigenvalue weighted by Crippen LogP contribution is 2.38. The summed E-state index contributed by atoms with van der Waals surface area (Å²) in [4.78, 5) is 14.6. The van der Waals surface area contributed by atoms with Crippen molar-refractivity contribution in [2.75, 3.05) is 13.1 Å². The van der Waals surface area contributed by atoms with Crippen LogP contribution in [-0.4, -0.2) is 29.9 Å². The lowest BCUT2D eigenvalue weighted by atomic mass is 9.77.